The van der Waals surface area contributed by atoms with Crippen molar-refractivity contribution in [2.24, 2.45) is 7.05 Å². The predicted octanol–water partition coefficient (Wildman–Crippen LogP) is -1.00. The lowest BCUT2D eigenvalue weighted by Gasteiger charge is -2.37. The van der Waals surface area contributed by atoms with Gasteiger partial charge in [-0.2, -0.15) is 0 Å². The molecule has 0 bridgehead atoms. The number of amides is 1. The molecule has 0 aliphatic carbocycles. The molecule has 1 aliphatic heterocycles. The monoisotopic (exact) mass is 254 g/mol. The van der Waals surface area contributed by atoms with E-state index in [2.05, 4.69) is 10.6 Å². The van der Waals surface area contributed by atoms with Crippen molar-refractivity contribution in [1.29, 1.82) is 0 Å². The van der Waals surface area contributed by atoms with Crippen LogP contribution in [0, 0.1) is 10.1 Å². The molecule has 1 aromatic rings. The lowest BCUT2D eigenvalue weighted by molar-refractivity contribution is -0.391. The van der Waals surface area contributed by atoms with E-state index in [1.54, 1.807) is 0 Å². The molecule has 2 rings (SSSR count). The van der Waals surface area contributed by atoms with Gasteiger partial charge in [0.15, 0.2) is 5.69 Å². The predicted molar refractivity (Wildman–Crippen MR) is 62.2 cm³/mol. The van der Waals surface area contributed by atoms with Gasteiger partial charge in [0.25, 0.3) is 5.91 Å². The number of aliphatic hydroxyl groups is 1. The van der Waals surface area contributed by atoms with Gasteiger partial charge in [0, 0.05) is 25.7 Å². The molecule has 3 N–H and O–H groups in total. The number of aromatic nitrogens is 1. The zero-order valence-electron chi connectivity index (χ0n) is 9.84. The molecular weight excluding hydrogens is 240 g/mol. The van der Waals surface area contributed by atoms with Gasteiger partial charge < -0.3 is 25.9 Å². The minimum Gasteiger partial charge on any atom is -0.385 e. The second-order valence-electron chi connectivity index (χ2n) is 4.40. The smallest absolute Gasteiger partial charge is 0.323 e. The molecule has 98 valence electrons. The van der Waals surface area contributed by atoms with Crippen LogP contribution in [-0.4, -0.2) is 45.7 Å². The van der Waals surface area contributed by atoms with E-state index in [0.717, 1.165) is 0 Å². The molecule has 8 nitrogen and oxygen atoms in total. The first kappa shape index (κ1) is 12.5. The highest BCUT2D eigenvalue weighted by Gasteiger charge is 2.35. The van der Waals surface area contributed by atoms with Crippen LogP contribution in [0.25, 0.3) is 0 Å². The minimum atomic E-state index is -0.910. The van der Waals surface area contributed by atoms with E-state index in [1.807, 2.05) is 0 Å². The van der Waals surface area contributed by atoms with Crippen molar-refractivity contribution in [3.63, 3.8) is 0 Å². The largest absolute Gasteiger partial charge is 0.385 e. The Morgan fingerprint density at radius 3 is 2.78 bits per heavy atom. The van der Waals surface area contributed by atoms with E-state index in [0.29, 0.717) is 13.1 Å². The summed E-state index contributed by atoms with van der Waals surface area (Å²) < 4.78 is 1.21. The number of hydrogen-bond acceptors (Lipinski definition) is 5. The number of nitrogens with zero attached hydrogens (tertiary/aromatic N) is 2. The van der Waals surface area contributed by atoms with Crippen LogP contribution in [-0.2, 0) is 7.05 Å². The summed E-state index contributed by atoms with van der Waals surface area (Å²) in [6.07, 6.45) is 0. The van der Waals surface area contributed by atoms with E-state index in [4.69, 9.17) is 0 Å². The normalized spacial score (nSPS) is 17.0. The molecule has 0 spiro atoms. The molecule has 0 saturated carbocycles. The van der Waals surface area contributed by atoms with Crippen LogP contribution in [0.15, 0.2) is 12.1 Å². The van der Waals surface area contributed by atoms with Crippen LogP contribution in [0.3, 0.4) is 0 Å². The summed E-state index contributed by atoms with van der Waals surface area (Å²) in [6, 6.07) is 2.66. The van der Waals surface area contributed by atoms with Crippen molar-refractivity contribution in [1.82, 2.24) is 15.2 Å². The van der Waals surface area contributed by atoms with Crippen molar-refractivity contribution in [3.8, 4) is 0 Å². The van der Waals surface area contributed by atoms with Gasteiger partial charge in [-0.15, -0.1) is 0 Å². The van der Waals surface area contributed by atoms with Crippen molar-refractivity contribution in [3.05, 3.63) is 27.9 Å². The van der Waals surface area contributed by atoms with Gasteiger partial charge in [0.1, 0.15) is 5.60 Å². The molecule has 1 fully saturated rings. The third-order valence-electron chi connectivity index (χ3n) is 3.00. The van der Waals surface area contributed by atoms with Gasteiger partial charge >= 0.3 is 5.82 Å². The molecule has 0 unspecified atom stereocenters. The van der Waals surface area contributed by atoms with Gasteiger partial charge in [-0.1, -0.05) is 0 Å². The maximum atomic E-state index is 11.8. The molecule has 8 heteroatoms. The second-order valence-corrected chi connectivity index (χ2v) is 4.40. The molecule has 1 amide bonds. The Hall–Kier alpha value is -1.93. The Morgan fingerprint density at radius 1 is 1.67 bits per heavy atom. The molecule has 0 aromatic carbocycles. The van der Waals surface area contributed by atoms with E-state index >= 15 is 0 Å². The number of nitrogens with one attached hydrogen (secondary N) is 2. The van der Waals surface area contributed by atoms with E-state index in [-0.39, 0.29) is 18.1 Å². The lowest BCUT2D eigenvalue weighted by atomic mass is 9.97. The topological polar surface area (TPSA) is 109 Å². The maximum absolute atomic E-state index is 11.8. The van der Waals surface area contributed by atoms with Crippen molar-refractivity contribution in [2.75, 3.05) is 19.6 Å². The van der Waals surface area contributed by atoms with E-state index < -0.39 is 16.4 Å². The summed E-state index contributed by atoms with van der Waals surface area (Å²) in [7, 11) is 1.45. The third kappa shape index (κ3) is 2.20. The fraction of sp³-hybridized carbons (Fsp3) is 0.500. The zero-order valence-corrected chi connectivity index (χ0v) is 9.84. The summed E-state index contributed by atoms with van der Waals surface area (Å²) in [4.78, 5) is 21.9. The Kier molecular flexibility index (Phi) is 3.05. The Balaban J connectivity index is 2.02. The van der Waals surface area contributed by atoms with Crippen LogP contribution in [0.4, 0.5) is 5.82 Å². The highest BCUT2D eigenvalue weighted by atomic mass is 16.6. The summed E-state index contributed by atoms with van der Waals surface area (Å²) in [5.74, 6) is -0.588. The molecule has 1 aromatic heterocycles. The molecule has 18 heavy (non-hydrogen) atoms. The second kappa shape index (κ2) is 4.39. The maximum Gasteiger partial charge on any atom is 0.323 e. The highest BCUT2D eigenvalue weighted by Crippen LogP contribution is 2.15. The van der Waals surface area contributed by atoms with Gasteiger partial charge in [0.2, 0.25) is 0 Å². The van der Waals surface area contributed by atoms with Gasteiger partial charge in [0.05, 0.1) is 7.05 Å². The number of carbonyl (C=O) groups is 1. The van der Waals surface area contributed by atoms with E-state index in [9.17, 15) is 20.0 Å². The Bertz CT molecular complexity index is 492. The molecule has 1 saturated heterocycles. The highest BCUT2D eigenvalue weighted by molar-refractivity contribution is 5.93. The molecule has 1 aliphatic rings. The SMILES string of the molecule is Cn1c(C(=O)NCC2(O)CNC2)ccc1[N+](=O)[O-]. The average molecular weight is 254 g/mol. The van der Waals surface area contributed by atoms with Crippen LogP contribution in [0.1, 0.15) is 10.5 Å². The average Bonchev–Trinajstić information content (AvgIpc) is 2.65. The van der Waals surface area contributed by atoms with Crippen LogP contribution in [0.5, 0.6) is 0 Å². The zero-order chi connectivity index (χ0) is 13.3. The van der Waals surface area contributed by atoms with Crippen LogP contribution < -0.4 is 10.6 Å². The fourth-order valence-electron chi connectivity index (χ4n) is 1.79. The van der Waals surface area contributed by atoms with E-state index in [1.165, 1.54) is 23.7 Å². The number of nitro groups is 1. The summed E-state index contributed by atoms with van der Waals surface area (Å²) >= 11 is 0. The van der Waals surface area contributed by atoms with Crippen molar-refractivity contribution < 1.29 is 14.8 Å². The number of β-amino-alcohol motifs (C(OH)–C–C–N with tert-alkyl or cyclic N) is 1. The number of hydrogen-bond donors (Lipinski definition) is 3. The first-order valence-electron chi connectivity index (χ1n) is 5.44. The van der Waals surface area contributed by atoms with Gasteiger partial charge in [-0.05, 0) is 11.0 Å². The van der Waals surface area contributed by atoms with Crippen LogP contribution >= 0.6 is 0 Å². The fourth-order valence-corrected chi connectivity index (χ4v) is 1.79. The first-order chi connectivity index (χ1) is 8.43. The third-order valence-corrected chi connectivity index (χ3v) is 3.00. The minimum absolute atomic E-state index is 0.123. The summed E-state index contributed by atoms with van der Waals surface area (Å²) in [6.45, 7) is 0.985. The molecular formula is C10H14N4O4. The van der Waals surface area contributed by atoms with Crippen LogP contribution in [0.2, 0.25) is 0 Å². The number of carbonyl (C=O) groups excluding carboxylic acids is 1. The van der Waals surface area contributed by atoms with Crippen molar-refractivity contribution >= 4 is 11.7 Å². The summed E-state index contributed by atoms with van der Waals surface area (Å²) in [5.41, 5.74) is -0.718. The van der Waals surface area contributed by atoms with Gasteiger partial charge in [-0.25, -0.2) is 4.57 Å². The number of rotatable bonds is 4. The molecule has 0 atom stereocenters. The molecule has 2 heterocycles. The Morgan fingerprint density at radius 2 is 2.33 bits per heavy atom. The summed E-state index contributed by atoms with van der Waals surface area (Å²) in [5, 5.41) is 25.9. The lowest BCUT2D eigenvalue weighted by Crippen LogP contribution is -2.64. The Labute approximate surface area is 103 Å². The van der Waals surface area contributed by atoms with Gasteiger partial charge in [-0.3, -0.25) is 4.79 Å². The molecule has 0 radical (unpaired) electrons. The van der Waals surface area contributed by atoms with Crippen molar-refractivity contribution in [2.45, 2.75) is 5.60 Å². The first-order valence-corrected chi connectivity index (χ1v) is 5.44. The quantitative estimate of drug-likeness (QED) is 0.471. The standard InChI is InChI=1S/C10H14N4O4/c1-13-7(2-3-8(13)14(17)18)9(15)12-6-10(16)4-11-5-10/h2-3,11,16H,4-6H2,1H3,(H,12,15).